The van der Waals surface area contributed by atoms with Gasteiger partial charge in [-0.05, 0) is 60.0 Å². The lowest BCUT2D eigenvalue weighted by Crippen LogP contribution is -2.68. The van der Waals surface area contributed by atoms with Crippen molar-refractivity contribution in [3.05, 3.63) is 65.9 Å². The number of pyridine rings is 1. The van der Waals surface area contributed by atoms with Gasteiger partial charge in [0.2, 0.25) is 15.9 Å². The van der Waals surface area contributed by atoms with E-state index in [0.717, 1.165) is 28.5 Å². The Hall–Kier alpha value is -3.30. The zero-order chi connectivity index (χ0) is 31.9. The Morgan fingerprint density at radius 2 is 1.60 bits per heavy atom. The van der Waals surface area contributed by atoms with Crippen molar-refractivity contribution in [3.63, 3.8) is 0 Å². The van der Waals surface area contributed by atoms with Gasteiger partial charge < -0.3 is 9.80 Å². The van der Waals surface area contributed by atoms with Crippen LogP contribution < -0.4 is 4.90 Å². The summed E-state index contributed by atoms with van der Waals surface area (Å²) in [6, 6.07) is 12.5. The summed E-state index contributed by atoms with van der Waals surface area (Å²) in [6.07, 6.45) is 4.92. The Kier molecular flexibility index (Phi) is 8.78. The van der Waals surface area contributed by atoms with Crippen molar-refractivity contribution in [1.82, 2.24) is 24.2 Å². The summed E-state index contributed by atoms with van der Waals surface area (Å²) in [4.78, 5) is 35.7. The molecular weight excluding hydrogens is 640 g/mol. The normalized spacial score (nSPS) is 21.9. The summed E-state index contributed by atoms with van der Waals surface area (Å²) in [6.45, 7) is 0.768. The van der Waals surface area contributed by atoms with Crippen molar-refractivity contribution in [2.24, 2.45) is 0 Å². The Morgan fingerprint density at radius 3 is 2.29 bits per heavy atom. The first-order valence-electron chi connectivity index (χ1n) is 14.8. The minimum Gasteiger partial charge on any atom is -0.371 e. The van der Waals surface area contributed by atoms with Crippen LogP contribution in [-0.4, -0.2) is 123 Å². The van der Waals surface area contributed by atoms with E-state index in [1.54, 1.807) is 48.7 Å². The van der Waals surface area contributed by atoms with Crippen LogP contribution in [0.25, 0.3) is 10.8 Å². The molecule has 2 aromatic carbocycles. The van der Waals surface area contributed by atoms with E-state index < -0.39 is 44.3 Å². The molecule has 1 aromatic heterocycles. The smallest absolute Gasteiger partial charge is 0.252 e. The van der Waals surface area contributed by atoms with E-state index in [1.807, 2.05) is 12.1 Å². The predicted molar refractivity (Wildman–Crippen MR) is 171 cm³/mol. The molecule has 15 heteroatoms. The largest absolute Gasteiger partial charge is 0.371 e. The molecule has 0 spiro atoms. The number of amides is 2. The molecule has 1 atom stereocenters. The minimum atomic E-state index is -4.17. The quantitative estimate of drug-likeness (QED) is 0.385. The number of fused-ring (bicyclic) bond motifs is 1. The number of hydrogen-bond acceptors (Lipinski definition) is 9. The van der Waals surface area contributed by atoms with E-state index in [1.165, 1.54) is 22.0 Å². The van der Waals surface area contributed by atoms with E-state index in [-0.39, 0.29) is 42.1 Å². The number of anilines is 1. The number of aromatic nitrogens is 1. The van der Waals surface area contributed by atoms with Crippen molar-refractivity contribution >= 4 is 59.7 Å². The molecule has 2 amide bonds. The fourth-order valence-electron chi connectivity index (χ4n) is 6.37. The summed E-state index contributed by atoms with van der Waals surface area (Å²) in [7, 11) is -5.66. The number of rotatable bonds is 6. The third-order valence-electron chi connectivity index (χ3n) is 8.95. The van der Waals surface area contributed by atoms with Crippen LogP contribution in [0.2, 0.25) is 5.02 Å². The number of halogens is 1. The third kappa shape index (κ3) is 6.52. The molecular formula is C30H35ClN6O6S2. The van der Waals surface area contributed by atoms with Crippen LogP contribution in [0.4, 0.5) is 5.69 Å². The number of nitrogens with zero attached hydrogens (tertiary/aromatic N) is 6. The molecule has 1 unspecified atom stereocenters. The number of hydrogen-bond donors (Lipinski definition) is 0. The van der Waals surface area contributed by atoms with Gasteiger partial charge in [-0.3, -0.25) is 19.6 Å². The molecule has 0 aliphatic carbocycles. The number of hydrazine groups is 1. The van der Waals surface area contributed by atoms with Crippen molar-refractivity contribution in [1.29, 1.82) is 0 Å². The fourth-order valence-corrected chi connectivity index (χ4v) is 9.18. The van der Waals surface area contributed by atoms with Gasteiger partial charge in [0.1, 0.15) is 6.04 Å². The van der Waals surface area contributed by atoms with Gasteiger partial charge in [-0.25, -0.2) is 21.8 Å². The van der Waals surface area contributed by atoms with Gasteiger partial charge in [-0.15, -0.1) is 0 Å². The molecule has 3 saturated heterocycles. The highest BCUT2D eigenvalue weighted by molar-refractivity contribution is 7.91. The van der Waals surface area contributed by atoms with E-state index >= 15 is 0 Å². The first-order valence-corrected chi connectivity index (χ1v) is 18.5. The second-order valence-corrected chi connectivity index (χ2v) is 16.4. The predicted octanol–water partition coefficient (Wildman–Crippen LogP) is 1.86. The lowest BCUT2D eigenvalue weighted by Gasteiger charge is -2.49. The highest BCUT2D eigenvalue weighted by Crippen LogP contribution is 2.29. The molecule has 0 N–H and O–H groups in total. The molecule has 3 fully saturated rings. The number of piperidine rings is 1. The Bertz CT molecular complexity index is 1800. The highest BCUT2D eigenvalue weighted by Gasteiger charge is 2.47. The maximum absolute atomic E-state index is 14.0. The summed E-state index contributed by atoms with van der Waals surface area (Å²) in [5, 5.41) is 5.17. The average molecular weight is 675 g/mol. The maximum Gasteiger partial charge on any atom is 0.252 e. The van der Waals surface area contributed by atoms with Crippen LogP contribution >= 0.6 is 11.6 Å². The number of piperazine rings is 1. The molecule has 0 radical (unpaired) electrons. The zero-order valence-electron chi connectivity index (χ0n) is 24.8. The molecule has 0 bridgehead atoms. The van der Waals surface area contributed by atoms with Gasteiger partial charge in [0, 0.05) is 68.9 Å². The van der Waals surface area contributed by atoms with Crippen LogP contribution in [0, 0.1) is 0 Å². The average Bonchev–Trinajstić information content (AvgIpc) is 3.04. The molecule has 45 heavy (non-hydrogen) atoms. The van der Waals surface area contributed by atoms with E-state index in [4.69, 9.17) is 11.6 Å². The molecule has 6 rings (SSSR count). The van der Waals surface area contributed by atoms with Crippen LogP contribution in [0.1, 0.15) is 12.8 Å². The number of carbonyl (C=O) groups is 2. The van der Waals surface area contributed by atoms with Crippen molar-refractivity contribution in [2.75, 3.05) is 62.7 Å². The van der Waals surface area contributed by atoms with Gasteiger partial charge in [0.15, 0.2) is 9.84 Å². The van der Waals surface area contributed by atoms with Gasteiger partial charge in [0.25, 0.3) is 5.91 Å². The SMILES string of the molecule is CN(C1CCN(c2ccncc2)CC1)N1C(=O)CN(S(=O)(=O)c2ccc3cc(Cl)ccc3c2)CC1C(=O)N1CCS(=O)(=O)CC1. The third-order valence-corrected chi connectivity index (χ3v) is 12.6. The van der Waals surface area contributed by atoms with Crippen molar-refractivity contribution in [3.8, 4) is 0 Å². The Morgan fingerprint density at radius 1 is 0.956 bits per heavy atom. The van der Waals surface area contributed by atoms with Crippen molar-refractivity contribution < 1.29 is 26.4 Å². The molecule has 240 valence electrons. The molecule has 3 aliphatic rings. The van der Waals surface area contributed by atoms with E-state index in [2.05, 4.69) is 9.88 Å². The van der Waals surface area contributed by atoms with Crippen LogP contribution in [0.3, 0.4) is 0 Å². The summed E-state index contributed by atoms with van der Waals surface area (Å²) in [5.74, 6) is -1.33. The topological polar surface area (TPSA) is 132 Å². The zero-order valence-corrected chi connectivity index (χ0v) is 27.2. The Labute approximate surface area is 268 Å². The second-order valence-electron chi connectivity index (χ2n) is 11.7. The number of sulfone groups is 1. The molecule has 12 nitrogen and oxygen atoms in total. The summed E-state index contributed by atoms with van der Waals surface area (Å²) < 4.78 is 53.1. The molecule has 3 aromatic rings. The first kappa shape index (κ1) is 31.7. The lowest BCUT2D eigenvalue weighted by atomic mass is 10.0. The fraction of sp³-hybridized carbons (Fsp3) is 0.433. The second kappa shape index (κ2) is 12.5. The van der Waals surface area contributed by atoms with Gasteiger partial charge in [-0.1, -0.05) is 23.7 Å². The van der Waals surface area contributed by atoms with Gasteiger partial charge >= 0.3 is 0 Å². The van der Waals surface area contributed by atoms with E-state index in [9.17, 15) is 26.4 Å². The van der Waals surface area contributed by atoms with Gasteiger partial charge in [-0.2, -0.15) is 4.31 Å². The van der Waals surface area contributed by atoms with Crippen LogP contribution in [0.5, 0.6) is 0 Å². The summed E-state index contributed by atoms with van der Waals surface area (Å²) >= 11 is 6.10. The van der Waals surface area contributed by atoms with Gasteiger partial charge in [0.05, 0.1) is 22.9 Å². The highest BCUT2D eigenvalue weighted by atomic mass is 35.5. The Balaban J connectivity index is 1.26. The van der Waals surface area contributed by atoms with Crippen LogP contribution in [-0.2, 0) is 29.4 Å². The number of carbonyl (C=O) groups excluding carboxylic acids is 2. The standard InChI is InChI=1S/C30H35ClN6O6S2/c1-33(25-8-12-34(13-9-25)26-6-10-32-11-7-26)37-28(30(39)35-14-16-44(40,41)17-15-35)20-36(21-29(37)38)45(42,43)27-5-3-22-18-24(31)4-2-23(22)19-27/h2-7,10-11,18-19,25,28H,8-9,12-17,20-21H2,1H3. The molecule has 0 saturated carbocycles. The van der Waals surface area contributed by atoms with E-state index in [0.29, 0.717) is 23.3 Å². The lowest BCUT2D eigenvalue weighted by molar-refractivity contribution is -0.174. The molecule has 4 heterocycles. The number of sulfonamides is 1. The summed E-state index contributed by atoms with van der Waals surface area (Å²) in [5.41, 5.74) is 1.06. The number of benzene rings is 2. The molecule has 3 aliphatic heterocycles. The van der Waals surface area contributed by atoms with Crippen molar-refractivity contribution in [2.45, 2.75) is 29.8 Å². The monoisotopic (exact) mass is 674 g/mol. The minimum absolute atomic E-state index is 0.00526. The van der Waals surface area contributed by atoms with Crippen LogP contribution in [0.15, 0.2) is 65.8 Å². The first-order chi connectivity index (χ1) is 21.4. The maximum atomic E-state index is 14.0.